The SMILES string of the molecule is CCCS(=O)(=O)Cc1ccc(F)c(Nc2ncnc3cnc(NC4CCOC4)nc23)c1F. The zero-order chi connectivity index (χ0) is 22.7. The van der Waals surface area contributed by atoms with Crippen molar-refractivity contribution in [2.75, 3.05) is 29.6 Å². The van der Waals surface area contributed by atoms with Crippen LogP contribution in [0, 0.1) is 11.6 Å². The van der Waals surface area contributed by atoms with Crippen molar-refractivity contribution in [2.24, 2.45) is 0 Å². The van der Waals surface area contributed by atoms with Gasteiger partial charge < -0.3 is 15.4 Å². The second-order valence-corrected chi connectivity index (χ2v) is 9.65. The molecule has 1 aliphatic heterocycles. The van der Waals surface area contributed by atoms with Crippen molar-refractivity contribution in [3.63, 3.8) is 0 Å². The van der Waals surface area contributed by atoms with Gasteiger partial charge in [0.2, 0.25) is 5.95 Å². The zero-order valence-electron chi connectivity index (χ0n) is 17.3. The number of hydrogen-bond donors (Lipinski definition) is 2. The summed E-state index contributed by atoms with van der Waals surface area (Å²) in [7, 11) is -3.52. The first-order chi connectivity index (χ1) is 15.4. The summed E-state index contributed by atoms with van der Waals surface area (Å²) in [6.45, 7) is 2.89. The quantitative estimate of drug-likeness (QED) is 0.518. The number of ether oxygens (including phenoxy) is 1. The molecule has 1 aromatic carbocycles. The van der Waals surface area contributed by atoms with E-state index >= 15 is 4.39 Å². The van der Waals surface area contributed by atoms with E-state index in [-0.39, 0.29) is 28.7 Å². The Bertz CT molecular complexity index is 1240. The summed E-state index contributed by atoms with van der Waals surface area (Å²) in [5, 5.41) is 5.77. The highest BCUT2D eigenvalue weighted by atomic mass is 32.2. The molecule has 1 fully saturated rings. The molecule has 3 aromatic rings. The largest absolute Gasteiger partial charge is 0.379 e. The predicted molar refractivity (Wildman–Crippen MR) is 115 cm³/mol. The van der Waals surface area contributed by atoms with Crippen LogP contribution in [0.25, 0.3) is 11.0 Å². The molecule has 0 radical (unpaired) electrons. The number of aromatic nitrogens is 4. The lowest BCUT2D eigenvalue weighted by molar-refractivity contribution is 0.195. The summed E-state index contributed by atoms with van der Waals surface area (Å²) in [5.41, 5.74) is -0.00428. The summed E-state index contributed by atoms with van der Waals surface area (Å²) in [6.07, 6.45) is 3.92. The monoisotopic (exact) mass is 464 g/mol. The molecule has 9 nitrogen and oxygen atoms in total. The highest BCUT2D eigenvalue weighted by Crippen LogP contribution is 2.29. The van der Waals surface area contributed by atoms with E-state index in [1.807, 2.05) is 0 Å². The molecule has 4 rings (SSSR count). The van der Waals surface area contributed by atoms with E-state index in [1.165, 1.54) is 12.5 Å². The van der Waals surface area contributed by atoms with Gasteiger partial charge in [-0.3, -0.25) is 0 Å². The number of halogens is 2. The van der Waals surface area contributed by atoms with Gasteiger partial charge in [-0.1, -0.05) is 13.0 Å². The van der Waals surface area contributed by atoms with Crippen molar-refractivity contribution >= 4 is 38.3 Å². The summed E-state index contributed by atoms with van der Waals surface area (Å²) in [6, 6.07) is 2.22. The van der Waals surface area contributed by atoms with Gasteiger partial charge in [0.05, 0.1) is 30.4 Å². The van der Waals surface area contributed by atoms with E-state index in [1.54, 1.807) is 6.92 Å². The lowest BCUT2D eigenvalue weighted by atomic mass is 10.2. The highest BCUT2D eigenvalue weighted by molar-refractivity contribution is 7.90. The standard InChI is InChI=1S/C20H22F2N6O3S/c1-2-7-32(29,30)10-12-3-4-14(21)17(16(12)22)27-19-18-15(24-11-25-19)8-23-20(28-18)26-13-5-6-31-9-13/h3-4,8,11,13H,2,5-7,9-10H2,1H3,(H,23,26,28)(H,24,25,27). The van der Waals surface area contributed by atoms with Gasteiger partial charge in [-0.2, -0.15) is 0 Å². The van der Waals surface area contributed by atoms with Crippen LogP contribution in [0.15, 0.2) is 24.7 Å². The van der Waals surface area contributed by atoms with Gasteiger partial charge in [0, 0.05) is 12.2 Å². The fourth-order valence-electron chi connectivity index (χ4n) is 3.41. The molecule has 1 atom stereocenters. The van der Waals surface area contributed by atoms with Gasteiger partial charge in [-0.15, -0.1) is 0 Å². The Morgan fingerprint density at radius 1 is 1.22 bits per heavy atom. The van der Waals surface area contributed by atoms with Gasteiger partial charge in [0.25, 0.3) is 0 Å². The van der Waals surface area contributed by atoms with Crippen LogP contribution in [-0.4, -0.2) is 53.4 Å². The number of benzene rings is 1. The van der Waals surface area contributed by atoms with Crippen LogP contribution >= 0.6 is 0 Å². The number of rotatable bonds is 8. The van der Waals surface area contributed by atoms with Crippen LogP contribution in [-0.2, 0) is 20.3 Å². The Morgan fingerprint density at radius 2 is 2.06 bits per heavy atom. The smallest absolute Gasteiger partial charge is 0.223 e. The third kappa shape index (κ3) is 4.91. The van der Waals surface area contributed by atoms with Crippen molar-refractivity contribution in [1.29, 1.82) is 0 Å². The minimum absolute atomic E-state index is 0.0603. The Kier molecular flexibility index (Phi) is 6.42. The molecule has 1 aliphatic rings. The maximum atomic E-state index is 15.1. The van der Waals surface area contributed by atoms with Gasteiger partial charge in [0.1, 0.15) is 28.9 Å². The van der Waals surface area contributed by atoms with Crippen molar-refractivity contribution in [3.05, 3.63) is 41.9 Å². The molecular formula is C20H22F2N6O3S. The molecule has 0 saturated carbocycles. The van der Waals surface area contributed by atoms with Crippen LogP contribution in [0.2, 0.25) is 0 Å². The third-order valence-electron chi connectivity index (χ3n) is 4.95. The lowest BCUT2D eigenvalue weighted by Gasteiger charge is -2.14. The van der Waals surface area contributed by atoms with E-state index in [2.05, 4.69) is 30.6 Å². The van der Waals surface area contributed by atoms with E-state index in [4.69, 9.17) is 4.74 Å². The van der Waals surface area contributed by atoms with Gasteiger partial charge in [-0.05, 0) is 18.9 Å². The van der Waals surface area contributed by atoms with Crippen LogP contribution in [0.3, 0.4) is 0 Å². The molecule has 0 spiro atoms. The van der Waals surface area contributed by atoms with Crippen LogP contribution in [0.5, 0.6) is 0 Å². The normalized spacial score (nSPS) is 16.4. The van der Waals surface area contributed by atoms with Crippen molar-refractivity contribution in [1.82, 2.24) is 19.9 Å². The molecule has 32 heavy (non-hydrogen) atoms. The molecule has 12 heteroatoms. The Hall–Kier alpha value is -2.99. The first-order valence-corrected chi connectivity index (χ1v) is 11.9. The number of hydrogen-bond acceptors (Lipinski definition) is 9. The van der Waals surface area contributed by atoms with Crippen molar-refractivity contribution in [3.8, 4) is 0 Å². The highest BCUT2D eigenvalue weighted by Gasteiger charge is 2.21. The second kappa shape index (κ2) is 9.25. The molecule has 2 N–H and O–H groups in total. The maximum absolute atomic E-state index is 15.1. The van der Waals surface area contributed by atoms with E-state index < -0.39 is 32.9 Å². The molecule has 0 bridgehead atoms. The Labute approximate surface area is 183 Å². The molecular weight excluding hydrogens is 442 g/mol. The van der Waals surface area contributed by atoms with Crippen molar-refractivity contribution < 1.29 is 21.9 Å². The minimum Gasteiger partial charge on any atom is -0.379 e. The number of nitrogens with one attached hydrogen (secondary N) is 2. The minimum atomic E-state index is -3.52. The number of nitrogens with zero attached hydrogens (tertiary/aromatic N) is 4. The zero-order valence-corrected chi connectivity index (χ0v) is 18.1. The van der Waals surface area contributed by atoms with E-state index in [0.717, 1.165) is 18.6 Å². The summed E-state index contributed by atoms with van der Waals surface area (Å²) in [4.78, 5) is 16.8. The average molecular weight is 464 g/mol. The third-order valence-corrected chi connectivity index (χ3v) is 6.73. The molecule has 0 aliphatic carbocycles. The topological polar surface area (TPSA) is 119 Å². The van der Waals surface area contributed by atoms with Crippen LogP contribution in [0.4, 0.5) is 26.2 Å². The molecule has 3 heterocycles. The lowest BCUT2D eigenvalue weighted by Crippen LogP contribution is -2.20. The molecule has 1 saturated heterocycles. The van der Waals surface area contributed by atoms with Crippen LogP contribution < -0.4 is 10.6 Å². The first kappa shape index (κ1) is 22.2. The first-order valence-electron chi connectivity index (χ1n) is 10.1. The summed E-state index contributed by atoms with van der Waals surface area (Å²) >= 11 is 0. The number of fused-ring (bicyclic) bond motifs is 1. The molecule has 170 valence electrons. The fraction of sp³-hybridized carbons (Fsp3) is 0.400. The Balaban J connectivity index is 1.67. The average Bonchev–Trinajstić information content (AvgIpc) is 3.26. The fourth-order valence-corrected chi connectivity index (χ4v) is 4.87. The van der Waals surface area contributed by atoms with Crippen LogP contribution in [0.1, 0.15) is 25.3 Å². The number of sulfone groups is 1. The summed E-state index contributed by atoms with van der Waals surface area (Å²) in [5.74, 6) is -2.11. The maximum Gasteiger partial charge on any atom is 0.223 e. The van der Waals surface area contributed by atoms with E-state index in [9.17, 15) is 12.8 Å². The molecule has 0 amide bonds. The Morgan fingerprint density at radius 3 is 2.81 bits per heavy atom. The summed E-state index contributed by atoms with van der Waals surface area (Å²) < 4.78 is 59.1. The molecule has 2 aromatic heterocycles. The van der Waals surface area contributed by atoms with Gasteiger partial charge >= 0.3 is 0 Å². The van der Waals surface area contributed by atoms with E-state index in [0.29, 0.717) is 31.1 Å². The van der Waals surface area contributed by atoms with Gasteiger partial charge in [-0.25, -0.2) is 37.1 Å². The number of anilines is 3. The molecule has 1 unspecified atom stereocenters. The second-order valence-electron chi connectivity index (χ2n) is 7.47. The predicted octanol–water partition coefficient (Wildman–Crippen LogP) is 2.97. The van der Waals surface area contributed by atoms with Gasteiger partial charge in [0.15, 0.2) is 21.5 Å². The van der Waals surface area contributed by atoms with Crippen molar-refractivity contribution in [2.45, 2.75) is 31.6 Å².